The Kier molecular flexibility index (Phi) is 2.58. The normalized spacial score (nSPS) is 22.4. The summed E-state index contributed by atoms with van der Waals surface area (Å²) >= 11 is 0. The van der Waals surface area contributed by atoms with Crippen LogP contribution in [0.3, 0.4) is 0 Å². The van der Waals surface area contributed by atoms with Gasteiger partial charge in [-0.15, -0.1) is 0 Å². The summed E-state index contributed by atoms with van der Waals surface area (Å²) < 4.78 is 22.0. The number of fused-ring (bicyclic) bond motifs is 1. The highest BCUT2D eigenvalue weighted by molar-refractivity contribution is 5.51. The molecule has 1 aromatic carbocycles. The van der Waals surface area contributed by atoms with Crippen molar-refractivity contribution in [3.8, 4) is 17.2 Å². The summed E-state index contributed by atoms with van der Waals surface area (Å²) in [7, 11) is 0. The van der Waals surface area contributed by atoms with E-state index in [1.807, 2.05) is 18.2 Å². The molecule has 0 radical (unpaired) electrons. The van der Waals surface area contributed by atoms with Crippen molar-refractivity contribution in [1.29, 1.82) is 0 Å². The van der Waals surface area contributed by atoms with Crippen LogP contribution in [0.25, 0.3) is 0 Å². The molecule has 16 heavy (non-hydrogen) atoms. The minimum absolute atomic E-state index is 0.252. The molecular weight excluding hydrogens is 208 g/mol. The quantitative estimate of drug-likeness (QED) is 0.729. The topological polar surface area (TPSA) is 40.2 Å². The van der Waals surface area contributed by atoms with Gasteiger partial charge in [0.15, 0.2) is 11.5 Å². The third-order valence-corrected chi connectivity index (χ3v) is 2.56. The van der Waals surface area contributed by atoms with E-state index >= 15 is 0 Å². The molecule has 1 atom stereocenters. The first-order chi connectivity index (χ1) is 7.93. The Morgan fingerprint density at radius 2 is 2.12 bits per heavy atom. The maximum Gasteiger partial charge on any atom is 0.203 e. The molecule has 0 aliphatic carbocycles. The lowest BCUT2D eigenvalue weighted by molar-refractivity contribution is 0.243. The van der Waals surface area contributed by atoms with E-state index < -0.39 is 0 Å². The van der Waals surface area contributed by atoms with Gasteiger partial charge >= 0.3 is 0 Å². The third-order valence-electron chi connectivity index (χ3n) is 2.56. The predicted molar refractivity (Wildman–Crippen MR) is 57.3 cm³/mol. The molecule has 0 spiro atoms. The molecular formula is C12H14O4. The van der Waals surface area contributed by atoms with Gasteiger partial charge < -0.3 is 18.9 Å². The van der Waals surface area contributed by atoms with Crippen LogP contribution in [0.5, 0.6) is 17.2 Å². The minimum Gasteiger partial charge on any atom is -0.489 e. The zero-order valence-corrected chi connectivity index (χ0v) is 8.98. The maximum absolute atomic E-state index is 5.65. The number of ether oxygens (including phenoxy) is 4. The van der Waals surface area contributed by atoms with Gasteiger partial charge in [-0.05, 0) is 12.1 Å². The Bertz CT molecular complexity index is 373. The van der Waals surface area contributed by atoms with Gasteiger partial charge in [0.25, 0.3) is 0 Å². The summed E-state index contributed by atoms with van der Waals surface area (Å²) in [6.45, 7) is 2.75. The summed E-state index contributed by atoms with van der Waals surface area (Å²) in [5.41, 5.74) is 0. The molecule has 4 heteroatoms. The first kappa shape index (κ1) is 9.78. The van der Waals surface area contributed by atoms with Crippen molar-refractivity contribution >= 4 is 0 Å². The smallest absolute Gasteiger partial charge is 0.203 e. The van der Waals surface area contributed by atoms with Crippen molar-refractivity contribution in [2.45, 2.75) is 12.5 Å². The zero-order valence-electron chi connectivity index (χ0n) is 8.98. The van der Waals surface area contributed by atoms with Crippen molar-refractivity contribution in [2.75, 3.05) is 26.4 Å². The van der Waals surface area contributed by atoms with Crippen LogP contribution in [0.1, 0.15) is 6.42 Å². The van der Waals surface area contributed by atoms with Gasteiger partial charge in [-0.1, -0.05) is 6.07 Å². The van der Waals surface area contributed by atoms with Crippen LogP contribution in [0.2, 0.25) is 0 Å². The van der Waals surface area contributed by atoms with Gasteiger partial charge in [0.1, 0.15) is 12.7 Å². The number of benzene rings is 1. The minimum atomic E-state index is 0.252. The molecule has 2 aliphatic rings. The number of epoxide rings is 1. The molecule has 1 fully saturated rings. The molecule has 1 saturated heterocycles. The van der Waals surface area contributed by atoms with Crippen molar-refractivity contribution < 1.29 is 18.9 Å². The van der Waals surface area contributed by atoms with Crippen LogP contribution in [-0.4, -0.2) is 32.5 Å². The lowest BCUT2D eigenvalue weighted by Gasteiger charge is -2.12. The SMILES string of the molecule is c1cc2c(c(OCC3CO3)c1)OCCCO2. The van der Waals surface area contributed by atoms with Gasteiger partial charge in [-0.3, -0.25) is 0 Å². The Labute approximate surface area is 94.1 Å². The molecule has 2 heterocycles. The van der Waals surface area contributed by atoms with E-state index in [1.165, 1.54) is 0 Å². The van der Waals surface area contributed by atoms with E-state index in [9.17, 15) is 0 Å². The molecule has 0 saturated carbocycles. The molecule has 86 valence electrons. The standard InChI is InChI=1S/C12H14O4/c1-3-10-12(14-6-2-5-13-10)11(4-1)16-8-9-7-15-9/h1,3-4,9H,2,5-8H2. The zero-order chi connectivity index (χ0) is 10.8. The summed E-state index contributed by atoms with van der Waals surface area (Å²) in [5.74, 6) is 2.24. The van der Waals surface area contributed by atoms with Gasteiger partial charge in [0, 0.05) is 6.42 Å². The number of hydrogen-bond donors (Lipinski definition) is 0. The Morgan fingerprint density at radius 1 is 1.25 bits per heavy atom. The molecule has 3 rings (SSSR count). The van der Waals surface area contributed by atoms with E-state index in [-0.39, 0.29) is 6.10 Å². The highest BCUT2D eigenvalue weighted by atomic mass is 16.6. The monoisotopic (exact) mass is 222 g/mol. The van der Waals surface area contributed by atoms with Crippen LogP contribution in [-0.2, 0) is 4.74 Å². The molecule has 0 N–H and O–H groups in total. The Morgan fingerprint density at radius 3 is 3.00 bits per heavy atom. The fraction of sp³-hybridized carbons (Fsp3) is 0.500. The fourth-order valence-corrected chi connectivity index (χ4v) is 1.63. The maximum atomic E-state index is 5.65. The Hall–Kier alpha value is -1.42. The predicted octanol–water partition coefficient (Wildman–Crippen LogP) is 1.63. The van der Waals surface area contributed by atoms with Gasteiger partial charge in [0.05, 0.1) is 19.8 Å². The molecule has 0 aromatic heterocycles. The van der Waals surface area contributed by atoms with E-state index in [0.717, 1.165) is 30.3 Å². The second-order valence-corrected chi connectivity index (χ2v) is 3.90. The summed E-state index contributed by atoms with van der Waals surface area (Å²) in [6.07, 6.45) is 1.15. The number of hydrogen-bond acceptors (Lipinski definition) is 4. The van der Waals surface area contributed by atoms with Gasteiger partial charge in [0.2, 0.25) is 5.75 Å². The summed E-state index contributed by atoms with van der Waals surface area (Å²) in [6, 6.07) is 5.72. The lowest BCUT2D eigenvalue weighted by Crippen LogP contribution is -2.05. The van der Waals surface area contributed by atoms with Gasteiger partial charge in [-0.2, -0.15) is 0 Å². The van der Waals surface area contributed by atoms with Crippen molar-refractivity contribution in [3.05, 3.63) is 18.2 Å². The first-order valence-electron chi connectivity index (χ1n) is 5.56. The Balaban J connectivity index is 1.79. The van der Waals surface area contributed by atoms with Crippen molar-refractivity contribution in [3.63, 3.8) is 0 Å². The van der Waals surface area contributed by atoms with E-state index in [1.54, 1.807) is 0 Å². The molecule has 0 bridgehead atoms. The van der Waals surface area contributed by atoms with E-state index in [2.05, 4.69) is 0 Å². The lowest BCUT2D eigenvalue weighted by atomic mass is 10.3. The molecule has 2 aliphatic heterocycles. The third kappa shape index (κ3) is 2.07. The van der Waals surface area contributed by atoms with Crippen LogP contribution in [0, 0.1) is 0 Å². The molecule has 0 amide bonds. The molecule has 1 aromatic rings. The van der Waals surface area contributed by atoms with Crippen LogP contribution >= 0.6 is 0 Å². The summed E-state index contributed by atoms with van der Waals surface area (Å²) in [4.78, 5) is 0. The largest absolute Gasteiger partial charge is 0.489 e. The summed E-state index contributed by atoms with van der Waals surface area (Å²) in [5, 5.41) is 0. The number of rotatable bonds is 3. The first-order valence-corrected chi connectivity index (χ1v) is 5.56. The number of para-hydroxylation sites is 1. The van der Waals surface area contributed by atoms with Crippen LogP contribution in [0.4, 0.5) is 0 Å². The highest BCUT2D eigenvalue weighted by Crippen LogP contribution is 2.38. The molecule has 1 unspecified atom stereocenters. The second-order valence-electron chi connectivity index (χ2n) is 3.90. The van der Waals surface area contributed by atoms with Crippen molar-refractivity contribution in [1.82, 2.24) is 0 Å². The highest BCUT2D eigenvalue weighted by Gasteiger charge is 2.24. The fourth-order valence-electron chi connectivity index (χ4n) is 1.63. The van der Waals surface area contributed by atoms with Gasteiger partial charge in [-0.25, -0.2) is 0 Å². The van der Waals surface area contributed by atoms with E-state index in [0.29, 0.717) is 19.8 Å². The van der Waals surface area contributed by atoms with Crippen molar-refractivity contribution in [2.24, 2.45) is 0 Å². The van der Waals surface area contributed by atoms with Crippen LogP contribution in [0.15, 0.2) is 18.2 Å². The van der Waals surface area contributed by atoms with Crippen LogP contribution < -0.4 is 14.2 Å². The molecule has 4 nitrogen and oxygen atoms in total. The second kappa shape index (κ2) is 4.22. The average molecular weight is 222 g/mol. The van der Waals surface area contributed by atoms with E-state index in [4.69, 9.17) is 18.9 Å². The average Bonchev–Trinajstić information content (AvgIpc) is 3.13.